The second kappa shape index (κ2) is 9.88. The lowest BCUT2D eigenvalue weighted by atomic mass is 10.0. The van der Waals surface area contributed by atoms with Gasteiger partial charge in [-0.2, -0.15) is 11.8 Å². The first-order valence-electron chi connectivity index (χ1n) is 9.72. The summed E-state index contributed by atoms with van der Waals surface area (Å²) in [5, 5.41) is 7.60. The summed E-state index contributed by atoms with van der Waals surface area (Å²) in [5.74, 6) is 2.86. The molecule has 0 bridgehead atoms. The molecule has 0 spiro atoms. The number of para-hydroxylation sites is 1. The van der Waals surface area contributed by atoms with Crippen LogP contribution in [0.25, 0.3) is 0 Å². The lowest BCUT2D eigenvalue weighted by Crippen LogP contribution is -2.44. The van der Waals surface area contributed by atoms with Crippen LogP contribution >= 0.6 is 11.8 Å². The summed E-state index contributed by atoms with van der Waals surface area (Å²) in [6, 6.07) is 8.24. The van der Waals surface area contributed by atoms with Crippen LogP contribution < -0.4 is 15.4 Å². The van der Waals surface area contributed by atoms with Gasteiger partial charge in [0.15, 0.2) is 5.96 Å². The van der Waals surface area contributed by atoms with Crippen LogP contribution in [0, 0.1) is 0 Å². The van der Waals surface area contributed by atoms with Gasteiger partial charge >= 0.3 is 0 Å². The van der Waals surface area contributed by atoms with Crippen LogP contribution in [0.3, 0.4) is 0 Å². The normalized spacial score (nSPS) is 22.4. The Hall–Kier alpha value is -1.89. The zero-order valence-electron chi connectivity index (χ0n) is 16.2. The molecule has 1 aromatic rings. The number of ether oxygens (including phenoxy) is 1. The smallest absolute Gasteiger partial charge is 0.243 e. The minimum absolute atomic E-state index is 0.00415. The number of amides is 1. The van der Waals surface area contributed by atoms with Crippen molar-refractivity contribution in [3.8, 4) is 5.75 Å². The summed E-state index contributed by atoms with van der Waals surface area (Å²) in [5.41, 5.74) is 1.14. The summed E-state index contributed by atoms with van der Waals surface area (Å²) < 4.78 is 5.76. The third-order valence-corrected chi connectivity index (χ3v) is 6.31. The predicted octanol–water partition coefficient (Wildman–Crippen LogP) is 2.42. The fourth-order valence-electron chi connectivity index (χ4n) is 3.28. The van der Waals surface area contributed by atoms with Crippen LogP contribution in [0.15, 0.2) is 29.3 Å². The highest BCUT2D eigenvalue weighted by Gasteiger charge is 2.22. The SMILES string of the molecule is CN(C)C(=O)CN=C(NCC1CCCCS1)NC1CCOc2ccccc21. The molecular weight excluding hydrogens is 360 g/mol. The number of carbonyl (C=O) groups is 1. The first-order valence-corrected chi connectivity index (χ1v) is 10.8. The minimum Gasteiger partial charge on any atom is -0.493 e. The van der Waals surface area contributed by atoms with Crippen molar-refractivity contribution < 1.29 is 9.53 Å². The van der Waals surface area contributed by atoms with Crippen LogP contribution in [-0.4, -0.2) is 61.6 Å². The summed E-state index contributed by atoms with van der Waals surface area (Å²) in [4.78, 5) is 18.1. The van der Waals surface area contributed by atoms with E-state index in [0.717, 1.165) is 24.3 Å². The molecule has 148 valence electrons. The summed E-state index contributed by atoms with van der Waals surface area (Å²) in [6.07, 6.45) is 4.72. The highest BCUT2D eigenvalue weighted by molar-refractivity contribution is 7.99. The zero-order chi connectivity index (χ0) is 19.1. The molecule has 2 aliphatic heterocycles. The molecule has 27 heavy (non-hydrogen) atoms. The summed E-state index contributed by atoms with van der Waals surface area (Å²) >= 11 is 2.03. The predicted molar refractivity (Wildman–Crippen MR) is 112 cm³/mol. The van der Waals surface area contributed by atoms with Crippen molar-refractivity contribution in [2.45, 2.75) is 37.0 Å². The van der Waals surface area contributed by atoms with Gasteiger partial charge in [0.2, 0.25) is 5.91 Å². The van der Waals surface area contributed by atoms with Gasteiger partial charge in [0, 0.05) is 37.9 Å². The Morgan fingerprint density at radius 1 is 1.30 bits per heavy atom. The number of guanidine groups is 1. The van der Waals surface area contributed by atoms with Crippen molar-refractivity contribution in [3.05, 3.63) is 29.8 Å². The van der Waals surface area contributed by atoms with Crippen molar-refractivity contribution in [3.63, 3.8) is 0 Å². The molecule has 0 radical (unpaired) electrons. The van der Waals surface area contributed by atoms with Gasteiger partial charge in [-0.15, -0.1) is 0 Å². The molecule has 3 rings (SSSR count). The maximum atomic E-state index is 12.0. The number of benzene rings is 1. The van der Waals surface area contributed by atoms with E-state index in [4.69, 9.17) is 4.74 Å². The van der Waals surface area contributed by atoms with E-state index in [1.54, 1.807) is 19.0 Å². The van der Waals surface area contributed by atoms with Crippen LogP contribution in [0.2, 0.25) is 0 Å². The van der Waals surface area contributed by atoms with Crippen LogP contribution in [0.5, 0.6) is 5.75 Å². The second-order valence-corrected chi connectivity index (χ2v) is 8.60. The number of nitrogens with zero attached hydrogens (tertiary/aromatic N) is 2. The van der Waals surface area contributed by atoms with Crippen molar-refractivity contribution in [1.82, 2.24) is 15.5 Å². The molecule has 0 aromatic heterocycles. The molecule has 2 heterocycles. The number of rotatable bonds is 5. The van der Waals surface area contributed by atoms with Gasteiger partial charge < -0.3 is 20.3 Å². The third-order valence-electron chi connectivity index (χ3n) is 4.91. The standard InChI is InChI=1S/C20H30N4O2S/c1-24(2)19(25)14-22-20(21-13-15-7-5-6-12-27-15)23-17-10-11-26-18-9-4-3-8-16(17)18/h3-4,8-9,15,17H,5-7,10-14H2,1-2H3,(H2,21,22,23). The number of fused-ring (bicyclic) bond motifs is 1. The fourth-order valence-corrected chi connectivity index (χ4v) is 4.52. The number of likely N-dealkylation sites (N-methyl/N-ethyl adjacent to an activating group) is 1. The lowest BCUT2D eigenvalue weighted by Gasteiger charge is -2.29. The Labute approximate surface area is 166 Å². The number of aliphatic imine (C=N–C) groups is 1. The van der Waals surface area contributed by atoms with Gasteiger partial charge in [0.1, 0.15) is 12.3 Å². The molecule has 7 heteroatoms. The van der Waals surface area contributed by atoms with E-state index < -0.39 is 0 Å². The molecule has 2 unspecified atom stereocenters. The number of hydrogen-bond acceptors (Lipinski definition) is 4. The van der Waals surface area contributed by atoms with Gasteiger partial charge in [-0.25, -0.2) is 4.99 Å². The minimum atomic E-state index is -0.00415. The second-order valence-electron chi connectivity index (χ2n) is 7.19. The van der Waals surface area contributed by atoms with Gasteiger partial charge in [-0.3, -0.25) is 4.79 Å². The molecule has 1 saturated heterocycles. The molecule has 2 N–H and O–H groups in total. The van der Waals surface area contributed by atoms with Gasteiger partial charge in [-0.05, 0) is 24.7 Å². The van der Waals surface area contributed by atoms with E-state index in [0.29, 0.717) is 17.8 Å². The molecule has 1 amide bonds. The molecule has 0 saturated carbocycles. The van der Waals surface area contributed by atoms with Gasteiger partial charge in [0.25, 0.3) is 0 Å². The Morgan fingerprint density at radius 3 is 2.93 bits per heavy atom. The zero-order valence-corrected chi connectivity index (χ0v) is 17.1. The topological polar surface area (TPSA) is 66.0 Å². The molecule has 2 aliphatic rings. The molecule has 1 aromatic carbocycles. The first kappa shape index (κ1) is 19.9. The lowest BCUT2D eigenvalue weighted by molar-refractivity contribution is -0.127. The maximum Gasteiger partial charge on any atom is 0.243 e. The molecule has 0 aliphatic carbocycles. The van der Waals surface area contributed by atoms with Gasteiger partial charge in [0.05, 0.1) is 12.6 Å². The van der Waals surface area contributed by atoms with Crippen molar-refractivity contribution >= 4 is 23.6 Å². The van der Waals surface area contributed by atoms with E-state index in [-0.39, 0.29) is 18.5 Å². The average Bonchev–Trinajstić information content (AvgIpc) is 2.70. The van der Waals surface area contributed by atoms with E-state index in [1.165, 1.54) is 25.0 Å². The number of thioether (sulfide) groups is 1. The molecule has 2 atom stereocenters. The molecular formula is C20H30N4O2S. The fraction of sp³-hybridized carbons (Fsp3) is 0.600. The quantitative estimate of drug-likeness (QED) is 0.597. The van der Waals surface area contributed by atoms with Crippen LogP contribution in [0.1, 0.15) is 37.3 Å². The number of carbonyl (C=O) groups excluding carboxylic acids is 1. The maximum absolute atomic E-state index is 12.0. The number of hydrogen-bond donors (Lipinski definition) is 2. The summed E-state index contributed by atoms with van der Waals surface area (Å²) in [7, 11) is 3.51. The van der Waals surface area contributed by atoms with Crippen molar-refractivity contribution in [2.24, 2.45) is 4.99 Å². The van der Waals surface area contributed by atoms with Crippen molar-refractivity contribution in [2.75, 3.05) is 39.5 Å². The van der Waals surface area contributed by atoms with E-state index in [1.807, 2.05) is 30.0 Å². The monoisotopic (exact) mass is 390 g/mol. The Bertz CT molecular complexity index is 659. The van der Waals surface area contributed by atoms with Gasteiger partial charge in [-0.1, -0.05) is 24.6 Å². The van der Waals surface area contributed by atoms with E-state index >= 15 is 0 Å². The first-order chi connectivity index (χ1) is 13.1. The van der Waals surface area contributed by atoms with E-state index in [2.05, 4.69) is 21.7 Å². The Morgan fingerprint density at radius 2 is 2.15 bits per heavy atom. The average molecular weight is 391 g/mol. The van der Waals surface area contributed by atoms with Crippen LogP contribution in [0.4, 0.5) is 0 Å². The number of nitrogens with one attached hydrogen (secondary N) is 2. The third kappa shape index (κ3) is 5.79. The van der Waals surface area contributed by atoms with E-state index in [9.17, 15) is 4.79 Å². The highest BCUT2D eigenvalue weighted by Crippen LogP contribution is 2.31. The molecule has 6 nitrogen and oxygen atoms in total. The molecule has 1 fully saturated rings. The largest absolute Gasteiger partial charge is 0.493 e. The Kier molecular flexibility index (Phi) is 7.26. The van der Waals surface area contributed by atoms with Crippen LogP contribution in [-0.2, 0) is 4.79 Å². The highest BCUT2D eigenvalue weighted by atomic mass is 32.2. The summed E-state index contributed by atoms with van der Waals surface area (Å²) in [6.45, 7) is 1.69. The van der Waals surface area contributed by atoms with Crippen molar-refractivity contribution in [1.29, 1.82) is 0 Å². The Balaban J connectivity index is 1.67.